The molecule has 1 saturated heterocycles. The van der Waals surface area contributed by atoms with Crippen molar-refractivity contribution in [2.24, 2.45) is 5.73 Å². The third-order valence-electron chi connectivity index (χ3n) is 4.03. The summed E-state index contributed by atoms with van der Waals surface area (Å²) in [5.41, 5.74) is 5.79. The molecule has 0 spiro atoms. The fourth-order valence-corrected chi connectivity index (χ4v) is 2.65. The second-order valence-electron chi connectivity index (χ2n) is 5.78. The van der Waals surface area contributed by atoms with Gasteiger partial charge in [0.25, 0.3) is 11.8 Å². The highest BCUT2D eigenvalue weighted by Crippen LogP contribution is 2.32. The maximum atomic E-state index is 10.9. The molecule has 1 aliphatic rings. The molecule has 0 aliphatic carbocycles. The molecular formula is C16H22ClN5O4. The Balaban J connectivity index is 0.00000243. The molecule has 3 rings (SSSR count). The van der Waals surface area contributed by atoms with Gasteiger partial charge in [-0.25, -0.2) is 0 Å². The first-order valence-electron chi connectivity index (χ1n) is 7.92. The third-order valence-corrected chi connectivity index (χ3v) is 4.03. The summed E-state index contributed by atoms with van der Waals surface area (Å²) in [6.07, 6.45) is 0. The summed E-state index contributed by atoms with van der Waals surface area (Å²) in [5, 5.41) is 7.43. The Labute approximate surface area is 157 Å². The number of likely N-dealkylation sites (N-methyl/N-ethyl adjacent to an activating group) is 1. The van der Waals surface area contributed by atoms with Gasteiger partial charge in [0.1, 0.15) is 0 Å². The average Bonchev–Trinajstić information content (AvgIpc) is 3.10. The van der Waals surface area contributed by atoms with E-state index < -0.39 is 5.91 Å². The minimum absolute atomic E-state index is 0. The largest absolute Gasteiger partial charge is 0.493 e. The molecule has 2 aromatic rings. The van der Waals surface area contributed by atoms with Crippen LogP contribution in [0.5, 0.6) is 11.5 Å². The van der Waals surface area contributed by atoms with Crippen molar-refractivity contribution in [2.75, 3.05) is 40.4 Å². The van der Waals surface area contributed by atoms with E-state index in [4.69, 9.17) is 19.7 Å². The number of aromatic nitrogens is 2. The van der Waals surface area contributed by atoms with E-state index in [1.807, 2.05) is 7.05 Å². The van der Waals surface area contributed by atoms with Crippen molar-refractivity contribution >= 4 is 18.3 Å². The Bertz CT molecular complexity index is 754. The normalized spacial score (nSPS) is 17.4. The zero-order chi connectivity index (χ0) is 17.8. The molecule has 1 aromatic carbocycles. The van der Waals surface area contributed by atoms with Gasteiger partial charge in [-0.3, -0.25) is 9.69 Å². The van der Waals surface area contributed by atoms with E-state index in [1.165, 1.54) is 7.11 Å². The number of halogens is 1. The van der Waals surface area contributed by atoms with E-state index in [0.717, 1.165) is 19.6 Å². The quantitative estimate of drug-likeness (QED) is 0.745. The third kappa shape index (κ3) is 4.43. The van der Waals surface area contributed by atoms with Crippen LogP contribution in [0.4, 0.5) is 0 Å². The van der Waals surface area contributed by atoms with Gasteiger partial charge in [-0.1, -0.05) is 5.16 Å². The lowest BCUT2D eigenvalue weighted by Crippen LogP contribution is -2.44. The highest BCUT2D eigenvalue weighted by molar-refractivity contribution is 5.85. The van der Waals surface area contributed by atoms with Crippen LogP contribution in [0.25, 0.3) is 11.5 Å². The molecule has 26 heavy (non-hydrogen) atoms. The summed E-state index contributed by atoms with van der Waals surface area (Å²) in [6, 6.07) is 5.23. The summed E-state index contributed by atoms with van der Waals surface area (Å²) in [7, 11) is 3.55. The van der Waals surface area contributed by atoms with E-state index in [0.29, 0.717) is 28.8 Å². The van der Waals surface area contributed by atoms with Crippen LogP contribution < -0.4 is 20.5 Å². The van der Waals surface area contributed by atoms with Gasteiger partial charge >= 0.3 is 0 Å². The lowest BCUT2D eigenvalue weighted by atomic mass is 10.2. The predicted molar refractivity (Wildman–Crippen MR) is 96.5 cm³/mol. The van der Waals surface area contributed by atoms with Crippen LogP contribution in [0.2, 0.25) is 0 Å². The van der Waals surface area contributed by atoms with Gasteiger partial charge in [0, 0.05) is 25.2 Å². The lowest BCUT2D eigenvalue weighted by molar-refractivity contribution is -0.119. The van der Waals surface area contributed by atoms with E-state index in [2.05, 4.69) is 20.4 Å². The maximum Gasteiger partial charge on any atom is 0.258 e. The molecule has 1 unspecified atom stereocenters. The number of benzene rings is 1. The van der Waals surface area contributed by atoms with E-state index >= 15 is 0 Å². The van der Waals surface area contributed by atoms with Crippen molar-refractivity contribution in [3.8, 4) is 23.0 Å². The summed E-state index contributed by atoms with van der Waals surface area (Å²) in [5.74, 6) is 1.35. The molecule has 9 nitrogen and oxygen atoms in total. The minimum Gasteiger partial charge on any atom is -0.493 e. The van der Waals surface area contributed by atoms with Gasteiger partial charge in [0.15, 0.2) is 23.9 Å². The van der Waals surface area contributed by atoms with E-state index in [9.17, 15) is 4.79 Å². The number of hydrogen-bond acceptors (Lipinski definition) is 8. The highest BCUT2D eigenvalue weighted by Gasteiger charge is 2.25. The number of nitrogens with one attached hydrogen (secondary N) is 1. The summed E-state index contributed by atoms with van der Waals surface area (Å²) in [4.78, 5) is 17.5. The molecule has 1 amide bonds. The zero-order valence-corrected chi connectivity index (χ0v) is 15.4. The van der Waals surface area contributed by atoms with Crippen LogP contribution in [0.15, 0.2) is 22.7 Å². The molecule has 0 radical (unpaired) electrons. The number of primary amides is 1. The number of methoxy groups -OCH3 is 1. The van der Waals surface area contributed by atoms with Crippen molar-refractivity contribution in [3.63, 3.8) is 0 Å². The number of ether oxygens (including phenoxy) is 2. The first kappa shape index (κ1) is 20.0. The van der Waals surface area contributed by atoms with Crippen molar-refractivity contribution < 1.29 is 18.8 Å². The lowest BCUT2D eigenvalue weighted by Gasteiger charge is -2.30. The zero-order valence-electron chi connectivity index (χ0n) is 14.6. The molecule has 0 saturated carbocycles. The molecule has 142 valence electrons. The van der Waals surface area contributed by atoms with Crippen LogP contribution in [-0.2, 0) is 4.79 Å². The monoisotopic (exact) mass is 383 g/mol. The number of nitrogens with zero attached hydrogens (tertiary/aromatic N) is 3. The molecule has 1 aliphatic heterocycles. The maximum absolute atomic E-state index is 10.9. The Kier molecular flexibility index (Phi) is 6.78. The predicted octanol–water partition coefficient (Wildman–Crippen LogP) is 0.607. The van der Waals surface area contributed by atoms with Crippen LogP contribution in [0, 0.1) is 0 Å². The number of rotatable bonds is 6. The molecule has 2 heterocycles. The second kappa shape index (κ2) is 8.84. The number of piperazine rings is 1. The second-order valence-corrected chi connectivity index (χ2v) is 5.78. The van der Waals surface area contributed by atoms with Gasteiger partial charge in [0.05, 0.1) is 13.2 Å². The Morgan fingerprint density at radius 2 is 2.27 bits per heavy atom. The Hall–Kier alpha value is -2.36. The van der Waals surface area contributed by atoms with Gasteiger partial charge < -0.3 is 25.0 Å². The Morgan fingerprint density at radius 3 is 2.96 bits per heavy atom. The van der Waals surface area contributed by atoms with Crippen LogP contribution in [0.3, 0.4) is 0 Å². The first-order chi connectivity index (χ1) is 12.1. The molecule has 0 bridgehead atoms. The van der Waals surface area contributed by atoms with Crippen LogP contribution in [0.1, 0.15) is 11.9 Å². The number of carbonyl (C=O) groups is 1. The molecular weight excluding hydrogens is 362 g/mol. The number of hydrogen-bond donors (Lipinski definition) is 2. The van der Waals surface area contributed by atoms with E-state index in [-0.39, 0.29) is 25.1 Å². The molecule has 3 N–H and O–H groups in total. The van der Waals surface area contributed by atoms with Crippen molar-refractivity contribution in [2.45, 2.75) is 6.04 Å². The number of carbonyl (C=O) groups excluding carboxylic acids is 1. The molecule has 1 aromatic heterocycles. The minimum atomic E-state index is -0.558. The summed E-state index contributed by atoms with van der Waals surface area (Å²) in [6.45, 7) is 2.43. The van der Waals surface area contributed by atoms with Crippen LogP contribution in [-0.4, -0.2) is 61.3 Å². The SMILES string of the molecule is COc1cc(-c2nc(C3CNCCN3C)no2)ccc1OCC(N)=O.Cl. The number of amides is 1. The standard InChI is InChI=1S/C16H21N5O4.ClH/c1-21-6-5-18-8-11(21)15-19-16(25-20-15)10-3-4-12(13(7-10)23-2)24-9-14(17)22;/h3-4,7,11,18H,5-6,8-9H2,1-2H3,(H2,17,22);1H. The van der Waals surface area contributed by atoms with Gasteiger partial charge in [-0.05, 0) is 25.2 Å². The van der Waals surface area contributed by atoms with E-state index in [1.54, 1.807) is 18.2 Å². The first-order valence-corrected chi connectivity index (χ1v) is 7.92. The van der Waals surface area contributed by atoms with Crippen LogP contribution >= 0.6 is 12.4 Å². The fourth-order valence-electron chi connectivity index (χ4n) is 2.65. The molecule has 1 fully saturated rings. The summed E-state index contributed by atoms with van der Waals surface area (Å²) >= 11 is 0. The molecule has 1 atom stereocenters. The topological polar surface area (TPSA) is 116 Å². The van der Waals surface area contributed by atoms with Crippen molar-refractivity contribution in [1.29, 1.82) is 0 Å². The molecule has 10 heteroatoms. The highest BCUT2D eigenvalue weighted by atomic mass is 35.5. The number of nitrogens with two attached hydrogens (primary N) is 1. The van der Waals surface area contributed by atoms with Crippen molar-refractivity contribution in [1.82, 2.24) is 20.4 Å². The van der Waals surface area contributed by atoms with Gasteiger partial charge in [-0.2, -0.15) is 4.98 Å². The van der Waals surface area contributed by atoms with Gasteiger partial charge in [-0.15, -0.1) is 12.4 Å². The smallest absolute Gasteiger partial charge is 0.258 e. The summed E-state index contributed by atoms with van der Waals surface area (Å²) < 4.78 is 16.0. The fraction of sp³-hybridized carbons (Fsp3) is 0.438. The Morgan fingerprint density at radius 1 is 1.46 bits per heavy atom. The van der Waals surface area contributed by atoms with Crippen molar-refractivity contribution in [3.05, 3.63) is 24.0 Å². The average molecular weight is 384 g/mol. The van der Waals surface area contributed by atoms with Gasteiger partial charge in [0.2, 0.25) is 0 Å².